The minimum absolute atomic E-state index is 0.0366. The molecule has 4 nitrogen and oxygen atoms in total. The molecule has 0 bridgehead atoms. The standard InChI is InChI=1S/C12H7BrFIN2O2/c13-6-3-8(12(18)19)11(16-5-6)17-10-2-1-7(14)4-9(10)15/h1-5H,(H,16,17)(H,18,19). The predicted octanol–water partition coefficient (Wildman–Crippen LogP) is 4.03. The van der Waals surface area contributed by atoms with Gasteiger partial charge in [-0.3, -0.25) is 0 Å². The highest BCUT2D eigenvalue weighted by Crippen LogP contribution is 2.25. The lowest BCUT2D eigenvalue weighted by Crippen LogP contribution is -2.05. The summed E-state index contributed by atoms with van der Waals surface area (Å²) in [6.45, 7) is 0. The maximum absolute atomic E-state index is 13.0. The maximum atomic E-state index is 13.0. The minimum atomic E-state index is -1.09. The van der Waals surface area contributed by atoms with E-state index in [1.165, 1.54) is 30.5 Å². The number of aromatic carboxylic acids is 1. The smallest absolute Gasteiger partial charge is 0.339 e. The Morgan fingerprint density at radius 2 is 2.16 bits per heavy atom. The molecule has 2 N–H and O–H groups in total. The molecule has 0 aliphatic carbocycles. The summed E-state index contributed by atoms with van der Waals surface area (Å²) in [5, 5.41) is 12.0. The molecule has 0 aliphatic rings. The zero-order valence-electron chi connectivity index (χ0n) is 9.32. The predicted molar refractivity (Wildman–Crippen MR) is 81.3 cm³/mol. The molecule has 0 unspecified atom stereocenters. The van der Waals surface area contributed by atoms with Crippen molar-refractivity contribution in [1.82, 2.24) is 4.98 Å². The molecule has 0 aliphatic heterocycles. The number of hydrogen-bond donors (Lipinski definition) is 2. The number of rotatable bonds is 3. The van der Waals surface area contributed by atoms with Crippen LogP contribution >= 0.6 is 38.5 Å². The van der Waals surface area contributed by atoms with Crippen LogP contribution in [0, 0.1) is 9.39 Å². The second-order valence-corrected chi connectivity index (χ2v) is 5.68. The second kappa shape index (κ2) is 5.83. The van der Waals surface area contributed by atoms with Crippen molar-refractivity contribution in [3.63, 3.8) is 0 Å². The first kappa shape index (κ1) is 14.2. The zero-order valence-corrected chi connectivity index (χ0v) is 13.1. The fourth-order valence-corrected chi connectivity index (χ4v) is 2.36. The third-order valence-corrected chi connectivity index (χ3v) is 3.60. The molecular formula is C12H7BrFIN2O2. The Hall–Kier alpha value is -1.22. The van der Waals surface area contributed by atoms with Crippen LogP contribution in [0.4, 0.5) is 15.9 Å². The topological polar surface area (TPSA) is 62.2 Å². The average molecular weight is 437 g/mol. The van der Waals surface area contributed by atoms with Crippen LogP contribution < -0.4 is 5.32 Å². The van der Waals surface area contributed by atoms with Gasteiger partial charge >= 0.3 is 5.97 Å². The van der Waals surface area contributed by atoms with Gasteiger partial charge in [0.15, 0.2) is 0 Å². The highest BCUT2D eigenvalue weighted by atomic mass is 127. The molecule has 0 saturated heterocycles. The second-order valence-electron chi connectivity index (χ2n) is 3.60. The van der Waals surface area contributed by atoms with Crippen molar-refractivity contribution >= 4 is 56.0 Å². The van der Waals surface area contributed by atoms with E-state index in [0.29, 0.717) is 13.7 Å². The van der Waals surface area contributed by atoms with E-state index in [4.69, 9.17) is 5.11 Å². The lowest BCUT2D eigenvalue weighted by atomic mass is 10.2. The third-order valence-electron chi connectivity index (χ3n) is 2.27. The Morgan fingerprint density at radius 1 is 1.42 bits per heavy atom. The van der Waals surface area contributed by atoms with Crippen molar-refractivity contribution in [2.24, 2.45) is 0 Å². The molecule has 2 rings (SSSR count). The molecule has 7 heteroatoms. The maximum Gasteiger partial charge on any atom is 0.339 e. The van der Waals surface area contributed by atoms with Gasteiger partial charge in [-0.2, -0.15) is 0 Å². The minimum Gasteiger partial charge on any atom is -0.478 e. The number of hydrogen-bond acceptors (Lipinski definition) is 3. The summed E-state index contributed by atoms with van der Waals surface area (Å²) in [5.41, 5.74) is 0.633. The zero-order chi connectivity index (χ0) is 14.0. The molecular weight excluding hydrogens is 430 g/mol. The van der Waals surface area contributed by atoms with Gasteiger partial charge in [-0.05, 0) is 62.8 Å². The Kier molecular flexibility index (Phi) is 4.35. The van der Waals surface area contributed by atoms with Crippen LogP contribution in [-0.4, -0.2) is 16.1 Å². The lowest BCUT2D eigenvalue weighted by Gasteiger charge is -2.10. The fourth-order valence-electron chi connectivity index (χ4n) is 1.42. The van der Waals surface area contributed by atoms with Crippen molar-refractivity contribution in [1.29, 1.82) is 0 Å². The van der Waals surface area contributed by atoms with E-state index in [-0.39, 0.29) is 17.2 Å². The first-order valence-corrected chi connectivity index (χ1v) is 6.95. The van der Waals surface area contributed by atoms with Gasteiger partial charge in [-0.25, -0.2) is 14.2 Å². The number of nitrogens with one attached hydrogen (secondary N) is 1. The summed E-state index contributed by atoms with van der Waals surface area (Å²) < 4.78 is 14.2. The monoisotopic (exact) mass is 436 g/mol. The highest BCUT2D eigenvalue weighted by molar-refractivity contribution is 14.1. The number of carboxylic acids is 1. The SMILES string of the molecule is O=C(O)c1cc(Br)cnc1Nc1ccc(F)cc1I. The Balaban J connectivity index is 2.40. The van der Waals surface area contributed by atoms with E-state index in [1.54, 1.807) is 0 Å². The molecule has 1 aromatic heterocycles. The summed E-state index contributed by atoms with van der Waals surface area (Å²) >= 11 is 5.13. The largest absolute Gasteiger partial charge is 0.478 e. The quantitative estimate of drug-likeness (QED) is 0.713. The summed E-state index contributed by atoms with van der Waals surface area (Å²) in [6.07, 6.45) is 1.49. The van der Waals surface area contributed by atoms with E-state index in [0.717, 1.165) is 0 Å². The summed E-state index contributed by atoms with van der Waals surface area (Å²) in [5.74, 6) is -1.23. The molecule has 1 aromatic carbocycles. The average Bonchev–Trinajstić information content (AvgIpc) is 2.34. The number of aromatic nitrogens is 1. The van der Waals surface area contributed by atoms with Gasteiger partial charge in [0.25, 0.3) is 0 Å². The normalized spacial score (nSPS) is 10.3. The van der Waals surface area contributed by atoms with Gasteiger partial charge < -0.3 is 10.4 Å². The van der Waals surface area contributed by atoms with Crippen LogP contribution in [0.25, 0.3) is 0 Å². The molecule has 0 saturated carbocycles. The molecule has 98 valence electrons. The van der Waals surface area contributed by atoms with Crippen LogP contribution in [0.1, 0.15) is 10.4 Å². The van der Waals surface area contributed by atoms with Crippen LogP contribution in [0.5, 0.6) is 0 Å². The first-order valence-electron chi connectivity index (χ1n) is 5.08. The lowest BCUT2D eigenvalue weighted by molar-refractivity contribution is 0.0697. The summed E-state index contributed by atoms with van der Waals surface area (Å²) in [7, 11) is 0. The number of carbonyl (C=O) groups is 1. The number of nitrogens with zero attached hydrogens (tertiary/aromatic N) is 1. The molecule has 2 aromatic rings. The van der Waals surface area contributed by atoms with E-state index in [2.05, 4.69) is 26.2 Å². The molecule has 0 atom stereocenters. The molecule has 19 heavy (non-hydrogen) atoms. The van der Waals surface area contributed by atoms with Crippen molar-refractivity contribution in [3.8, 4) is 0 Å². The van der Waals surface area contributed by atoms with E-state index < -0.39 is 5.97 Å². The Bertz CT molecular complexity index is 652. The van der Waals surface area contributed by atoms with Gasteiger partial charge in [0.05, 0.1) is 5.69 Å². The van der Waals surface area contributed by atoms with Crippen molar-refractivity contribution in [2.45, 2.75) is 0 Å². The van der Waals surface area contributed by atoms with Crippen LogP contribution in [-0.2, 0) is 0 Å². The molecule has 0 radical (unpaired) electrons. The summed E-state index contributed by atoms with van der Waals surface area (Å²) in [6, 6.07) is 5.63. The van der Waals surface area contributed by atoms with E-state index in [1.807, 2.05) is 22.6 Å². The van der Waals surface area contributed by atoms with Gasteiger partial charge in [0.1, 0.15) is 17.2 Å². The molecule has 1 heterocycles. The Labute approximate surface area is 130 Å². The van der Waals surface area contributed by atoms with Gasteiger partial charge in [-0.1, -0.05) is 0 Å². The third kappa shape index (κ3) is 3.41. The van der Waals surface area contributed by atoms with Crippen LogP contribution in [0.15, 0.2) is 34.9 Å². The van der Waals surface area contributed by atoms with Crippen molar-refractivity contribution < 1.29 is 14.3 Å². The van der Waals surface area contributed by atoms with E-state index in [9.17, 15) is 9.18 Å². The Morgan fingerprint density at radius 3 is 2.79 bits per heavy atom. The van der Waals surface area contributed by atoms with Gasteiger partial charge in [-0.15, -0.1) is 0 Å². The molecule has 0 fully saturated rings. The highest BCUT2D eigenvalue weighted by Gasteiger charge is 2.13. The molecule has 0 spiro atoms. The fraction of sp³-hybridized carbons (Fsp3) is 0. The number of pyridine rings is 1. The number of halogens is 3. The van der Waals surface area contributed by atoms with Crippen molar-refractivity contribution in [3.05, 3.63) is 49.9 Å². The van der Waals surface area contributed by atoms with Crippen LogP contribution in [0.2, 0.25) is 0 Å². The summed E-state index contributed by atoms with van der Waals surface area (Å²) in [4.78, 5) is 15.2. The van der Waals surface area contributed by atoms with Crippen molar-refractivity contribution in [2.75, 3.05) is 5.32 Å². The number of carboxylic acid groups (broad SMARTS) is 1. The van der Waals surface area contributed by atoms with E-state index >= 15 is 0 Å². The molecule has 0 amide bonds. The number of anilines is 2. The first-order chi connectivity index (χ1) is 8.97. The van der Waals surface area contributed by atoms with Gasteiger partial charge in [0.2, 0.25) is 0 Å². The number of benzene rings is 1. The van der Waals surface area contributed by atoms with Crippen LogP contribution in [0.3, 0.4) is 0 Å². The van der Waals surface area contributed by atoms with Gasteiger partial charge in [0, 0.05) is 14.2 Å².